The largest absolute Gasteiger partial charge is 0.379 e. The SMILES string of the molecule is CCNC(=NCc1ccccc1CS(=O)(=O)N1CCOCC1)NC(C)CCC(C)C. The van der Waals surface area contributed by atoms with Crippen LogP contribution >= 0.6 is 0 Å². The van der Waals surface area contributed by atoms with Gasteiger partial charge in [-0.15, -0.1) is 0 Å². The lowest BCUT2D eigenvalue weighted by atomic mass is 10.0. The second kappa shape index (κ2) is 12.3. The number of ether oxygens (including phenoxy) is 1. The molecule has 1 fully saturated rings. The van der Waals surface area contributed by atoms with Crippen LogP contribution in [-0.2, 0) is 27.1 Å². The number of morpholine rings is 1. The summed E-state index contributed by atoms with van der Waals surface area (Å²) in [5.74, 6) is 1.43. The summed E-state index contributed by atoms with van der Waals surface area (Å²) < 4.78 is 32.5. The first kappa shape index (κ1) is 24.6. The van der Waals surface area contributed by atoms with E-state index in [2.05, 4.69) is 31.4 Å². The van der Waals surface area contributed by atoms with Gasteiger partial charge < -0.3 is 15.4 Å². The molecule has 30 heavy (non-hydrogen) atoms. The average Bonchev–Trinajstić information content (AvgIpc) is 2.72. The number of benzene rings is 1. The van der Waals surface area contributed by atoms with Crippen molar-refractivity contribution in [2.45, 2.75) is 58.9 Å². The Morgan fingerprint density at radius 2 is 1.80 bits per heavy atom. The average molecular weight is 439 g/mol. The van der Waals surface area contributed by atoms with Crippen molar-refractivity contribution in [2.75, 3.05) is 32.8 Å². The van der Waals surface area contributed by atoms with Crippen molar-refractivity contribution in [1.29, 1.82) is 0 Å². The number of nitrogens with zero attached hydrogens (tertiary/aromatic N) is 2. The van der Waals surface area contributed by atoms with Gasteiger partial charge in [-0.1, -0.05) is 38.1 Å². The predicted octanol–water partition coefficient (Wildman–Crippen LogP) is 2.73. The van der Waals surface area contributed by atoms with Crippen molar-refractivity contribution >= 4 is 16.0 Å². The van der Waals surface area contributed by atoms with E-state index in [1.54, 1.807) is 0 Å². The molecule has 1 aromatic carbocycles. The molecule has 7 nitrogen and oxygen atoms in total. The molecule has 1 unspecified atom stereocenters. The van der Waals surface area contributed by atoms with Gasteiger partial charge in [-0.25, -0.2) is 13.4 Å². The Kier molecular flexibility index (Phi) is 10.1. The van der Waals surface area contributed by atoms with Gasteiger partial charge in [0.25, 0.3) is 0 Å². The van der Waals surface area contributed by atoms with Crippen LogP contribution in [0.4, 0.5) is 0 Å². The highest BCUT2D eigenvalue weighted by atomic mass is 32.2. The first-order valence-corrected chi connectivity index (χ1v) is 12.6. The van der Waals surface area contributed by atoms with Crippen molar-refractivity contribution < 1.29 is 13.2 Å². The second-order valence-electron chi connectivity index (χ2n) is 8.25. The summed E-state index contributed by atoms with van der Waals surface area (Å²) in [5.41, 5.74) is 1.73. The molecule has 1 saturated heterocycles. The monoisotopic (exact) mass is 438 g/mol. The fraction of sp³-hybridized carbons (Fsp3) is 0.682. The van der Waals surface area contributed by atoms with Gasteiger partial charge in [0.1, 0.15) is 0 Å². The van der Waals surface area contributed by atoms with E-state index >= 15 is 0 Å². The molecule has 0 amide bonds. The summed E-state index contributed by atoms with van der Waals surface area (Å²) in [4.78, 5) is 4.72. The highest BCUT2D eigenvalue weighted by Crippen LogP contribution is 2.17. The molecule has 0 aromatic heterocycles. The standard InChI is InChI=1S/C22H38N4O3S/c1-5-23-22(25-19(4)11-10-18(2)3)24-16-20-8-6-7-9-21(20)17-30(27,28)26-12-14-29-15-13-26/h6-9,18-19H,5,10-17H2,1-4H3,(H2,23,24,25). The summed E-state index contributed by atoms with van der Waals surface area (Å²) in [6.07, 6.45) is 2.24. The van der Waals surface area contributed by atoms with E-state index in [9.17, 15) is 8.42 Å². The molecule has 2 N–H and O–H groups in total. The van der Waals surface area contributed by atoms with Gasteiger partial charge in [-0.05, 0) is 43.7 Å². The second-order valence-corrected chi connectivity index (χ2v) is 10.2. The quantitative estimate of drug-likeness (QED) is 0.434. The maximum absolute atomic E-state index is 12.8. The zero-order valence-corrected chi connectivity index (χ0v) is 19.7. The van der Waals surface area contributed by atoms with Gasteiger partial charge in [-0.3, -0.25) is 0 Å². The molecule has 1 heterocycles. The normalized spacial score (nSPS) is 17.2. The minimum Gasteiger partial charge on any atom is -0.379 e. The molecule has 0 bridgehead atoms. The van der Waals surface area contributed by atoms with Crippen LogP contribution in [0.25, 0.3) is 0 Å². The molecule has 1 aromatic rings. The Morgan fingerprint density at radius 3 is 2.43 bits per heavy atom. The highest BCUT2D eigenvalue weighted by molar-refractivity contribution is 7.88. The van der Waals surface area contributed by atoms with Crippen LogP contribution in [-0.4, -0.2) is 57.6 Å². The summed E-state index contributed by atoms with van der Waals surface area (Å²) in [7, 11) is -3.37. The number of hydrogen-bond donors (Lipinski definition) is 2. The van der Waals surface area contributed by atoms with Crippen LogP contribution in [0.2, 0.25) is 0 Å². The van der Waals surface area contributed by atoms with E-state index in [0.717, 1.165) is 36.5 Å². The van der Waals surface area contributed by atoms with Crippen LogP contribution in [0.3, 0.4) is 0 Å². The predicted molar refractivity (Wildman–Crippen MR) is 123 cm³/mol. The lowest BCUT2D eigenvalue weighted by Gasteiger charge is -2.26. The maximum atomic E-state index is 12.8. The van der Waals surface area contributed by atoms with Crippen LogP contribution < -0.4 is 10.6 Å². The van der Waals surface area contributed by atoms with Crippen molar-refractivity contribution in [2.24, 2.45) is 10.9 Å². The van der Waals surface area contributed by atoms with E-state index in [1.165, 1.54) is 4.31 Å². The smallest absolute Gasteiger partial charge is 0.218 e. The molecular formula is C22H38N4O3S. The number of guanidine groups is 1. The Balaban J connectivity index is 2.07. The van der Waals surface area contributed by atoms with Crippen LogP contribution in [0, 0.1) is 5.92 Å². The molecule has 1 aliphatic heterocycles. The van der Waals surface area contributed by atoms with Gasteiger partial charge in [0, 0.05) is 25.7 Å². The molecule has 0 aliphatic carbocycles. The van der Waals surface area contributed by atoms with Crippen LogP contribution in [0.15, 0.2) is 29.3 Å². The maximum Gasteiger partial charge on any atom is 0.218 e. The summed E-state index contributed by atoms with van der Waals surface area (Å²) in [6, 6.07) is 7.98. The first-order chi connectivity index (χ1) is 14.3. The molecule has 1 aliphatic rings. The van der Waals surface area contributed by atoms with E-state index < -0.39 is 10.0 Å². The third kappa shape index (κ3) is 8.24. The Bertz CT molecular complexity index is 774. The molecule has 1 atom stereocenters. The molecule has 8 heteroatoms. The van der Waals surface area contributed by atoms with Crippen molar-refractivity contribution in [3.63, 3.8) is 0 Å². The summed E-state index contributed by atoms with van der Waals surface area (Å²) in [5, 5.41) is 6.75. The van der Waals surface area contributed by atoms with Gasteiger partial charge >= 0.3 is 0 Å². The van der Waals surface area contributed by atoms with Crippen molar-refractivity contribution in [3.05, 3.63) is 35.4 Å². The fourth-order valence-corrected chi connectivity index (χ4v) is 4.90. The lowest BCUT2D eigenvalue weighted by Crippen LogP contribution is -2.42. The van der Waals surface area contributed by atoms with E-state index in [-0.39, 0.29) is 5.75 Å². The highest BCUT2D eigenvalue weighted by Gasteiger charge is 2.25. The van der Waals surface area contributed by atoms with E-state index in [0.29, 0.717) is 44.8 Å². The number of aliphatic imine (C=N–C) groups is 1. The topological polar surface area (TPSA) is 83.0 Å². The molecule has 170 valence electrons. The number of sulfonamides is 1. The van der Waals surface area contributed by atoms with Gasteiger partial charge in [0.2, 0.25) is 10.0 Å². The number of rotatable bonds is 10. The minimum atomic E-state index is -3.37. The first-order valence-electron chi connectivity index (χ1n) is 11.0. The molecule has 0 saturated carbocycles. The Labute approximate surface area is 182 Å². The zero-order chi connectivity index (χ0) is 22.0. The van der Waals surface area contributed by atoms with Crippen molar-refractivity contribution in [3.8, 4) is 0 Å². The van der Waals surface area contributed by atoms with Crippen LogP contribution in [0.1, 0.15) is 51.7 Å². The lowest BCUT2D eigenvalue weighted by molar-refractivity contribution is 0.0729. The van der Waals surface area contributed by atoms with Crippen molar-refractivity contribution in [1.82, 2.24) is 14.9 Å². The zero-order valence-electron chi connectivity index (χ0n) is 18.9. The summed E-state index contributed by atoms with van der Waals surface area (Å²) in [6.45, 7) is 11.6. The third-order valence-corrected chi connectivity index (χ3v) is 6.96. The van der Waals surface area contributed by atoms with Gasteiger partial charge in [-0.2, -0.15) is 4.31 Å². The minimum absolute atomic E-state index is 0.00650. The molecule has 0 spiro atoms. The number of nitrogens with one attached hydrogen (secondary N) is 2. The van der Waals surface area contributed by atoms with Crippen LogP contribution in [0.5, 0.6) is 0 Å². The molecule has 2 rings (SSSR count). The van der Waals surface area contributed by atoms with Gasteiger partial charge in [0.15, 0.2) is 5.96 Å². The van der Waals surface area contributed by atoms with E-state index in [4.69, 9.17) is 9.73 Å². The van der Waals surface area contributed by atoms with Gasteiger partial charge in [0.05, 0.1) is 25.5 Å². The van der Waals surface area contributed by atoms with E-state index in [1.807, 2.05) is 31.2 Å². The summed E-state index contributed by atoms with van der Waals surface area (Å²) >= 11 is 0. The Hall–Kier alpha value is -1.64. The third-order valence-electron chi connectivity index (χ3n) is 5.13. The molecular weight excluding hydrogens is 400 g/mol. The number of hydrogen-bond acceptors (Lipinski definition) is 4. The Morgan fingerprint density at radius 1 is 1.13 bits per heavy atom. The fourth-order valence-electron chi connectivity index (χ4n) is 3.34. The molecule has 0 radical (unpaired) electrons.